The van der Waals surface area contributed by atoms with E-state index in [-0.39, 0.29) is 5.56 Å². The first-order chi connectivity index (χ1) is 13.5. The second-order valence-corrected chi connectivity index (χ2v) is 6.30. The third-order valence-electron chi connectivity index (χ3n) is 4.45. The Labute approximate surface area is 159 Å². The van der Waals surface area contributed by atoms with Crippen molar-refractivity contribution < 1.29 is 18.4 Å². The SMILES string of the molecule is Cc1noc(C)c1COc1ccc2[nH]nc(NC(=O)c3ccccc3F)c2c1. The van der Waals surface area contributed by atoms with Crippen molar-refractivity contribution in [2.45, 2.75) is 20.5 Å². The van der Waals surface area contributed by atoms with Gasteiger partial charge in [0.05, 0.1) is 22.3 Å². The number of carbonyl (C=O) groups excluding carboxylic acids is 1. The molecule has 0 atom stereocenters. The van der Waals surface area contributed by atoms with Crippen LogP contribution in [0.5, 0.6) is 5.75 Å². The Kier molecular flexibility index (Phi) is 4.52. The zero-order valence-electron chi connectivity index (χ0n) is 15.2. The van der Waals surface area contributed by atoms with E-state index in [9.17, 15) is 9.18 Å². The van der Waals surface area contributed by atoms with Crippen LogP contribution in [-0.4, -0.2) is 21.3 Å². The Hall–Kier alpha value is -3.68. The van der Waals surface area contributed by atoms with E-state index in [1.807, 2.05) is 13.8 Å². The van der Waals surface area contributed by atoms with E-state index >= 15 is 0 Å². The van der Waals surface area contributed by atoms with Crippen LogP contribution in [0.3, 0.4) is 0 Å². The number of benzene rings is 2. The number of carbonyl (C=O) groups is 1. The summed E-state index contributed by atoms with van der Waals surface area (Å²) in [5.41, 5.74) is 2.33. The first kappa shape index (κ1) is 17.7. The molecule has 0 unspecified atom stereocenters. The van der Waals surface area contributed by atoms with Crippen molar-refractivity contribution in [3.05, 3.63) is 70.9 Å². The molecule has 2 N–H and O–H groups in total. The van der Waals surface area contributed by atoms with Gasteiger partial charge in [0.25, 0.3) is 5.91 Å². The summed E-state index contributed by atoms with van der Waals surface area (Å²) in [4.78, 5) is 12.4. The molecule has 0 fully saturated rings. The normalized spacial score (nSPS) is 11.0. The predicted octanol–water partition coefficient (Wildman–Crippen LogP) is 4.14. The van der Waals surface area contributed by atoms with Crippen molar-refractivity contribution in [1.29, 1.82) is 0 Å². The minimum absolute atomic E-state index is 0.0514. The molecule has 0 radical (unpaired) electrons. The standard InChI is InChI=1S/C20H17FN4O3/c1-11-16(12(2)28-25-11)10-27-13-7-8-18-15(9-13)19(24-23-18)22-20(26)14-5-3-4-6-17(14)21/h3-9H,10H2,1-2H3,(H2,22,23,24,26). The van der Waals surface area contributed by atoms with E-state index in [0.29, 0.717) is 34.8 Å². The zero-order valence-corrected chi connectivity index (χ0v) is 15.2. The summed E-state index contributed by atoms with van der Waals surface area (Å²) in [7, 11) is 0. The van der Waals surface area contributed by atoms with E-state index in [4.69, 9.17) is 9.26 Å². The van der Waals surface area contributed by atoms with Gasteiger partial charge in [-0.05, 0) is 44.2 Å². The lowest BCUT2D eigenvalue weighted by Crippen LogP contribution is -2.14. The van der Waals surface area contributed by atoms with Gasteiger partial charge in [-0.1, -0.05) is 17.3 Å². The predicted molar refractivity (Wildman–Crippen MR) is 101 cm³/mol. The third-order valence-corrected chi connectivity index (χ3v) is 4.45. The van der Waals surface area contributed by atoms with Crippen molar-refractivity contribution in [2.24, 2.45) is 0 Å². The van der Waals surface area contributed by atoms with Crippen molar-refractivity contribution >= 4 is 22.6 Å². The van der Waals surface area contributed by atoms with Gasteiger partial charge in [-0.2, -0.15) is 5.10 Å². The molecule has 0 aliphatic heterocycles. The highest BCUT2D eigenvalue weighted by Crippen LogP contribution is 2.27. The highest BCUT2D eigenvalue weighted by atomic mass is 19.1. The van der Waals surface area contributed by atoms with Crippen LogP contribution in [0, 0.1) is 19.7 Å². The fourth-order valence-corrected chi connectivity index (χ4v) is 2.86. The number of rotatable bonds is 5. The third kappa shape index (κ3) is 3.32. The number of halogens is 1. The number of ether oxygens (including phenoxy) is 1. The summed E-state index contributed by atoms with van der Waals surface area (Å²) < 4.78 is 24.8. The van der Waals surface area contributed by atoms with E-state index in [1.165, 1.54) is 18.2 Å². The van der Waals surface area contributed by atoms with E-state index in [1.54, 1.807) is 24.3 Å². The molecule has 2 aromatic heterocycles. The minimum Gasteiger partial charge on any atom is -0.489 e. The number of hydrogen-bond acceptors (Lipinski definition) is 5. The molecule has 28 heavy (non-hydrogen) atoms. The van der Waals surface area contributed by atoms with Crippen molar-refractivity contribution in [1.82, 2.24) is 15.4 Å². The molecule has 2 aromatic carbocycles. The molecule has 0 aliphatic rings. The summed E-state index contributed by atoms with van der Waals surface area (Å²) >= 11 is 0. The van der Waals surface area contributed by atoms with E-state index in [2.05, 4.69) is 20.7 Å². The second-order valence-electron chi connectivity index (χ2n) is 6.30. The average molecular weight is 380 g/mol. The van der Waals surface area contributed by atoms with Gasteiger partial charge >= 0.3 is 0 Å². The number of fused-ring (bicyclic) bond motifs is 1. The molecule has 0 bridgehead atoms. The number of hydrogen-bond donors (Lipinski definition) is 2. The van der Waals surface area contributed by atoms with Gasteiger partial charge in [-0.25, -0.2) is 4.39 Å². The molecule has 2 heterocycles. The van der Waals surface area contributed by atoms with Crippen LogP contribution in [0.15, 0.2) is 47.0 Å². The maximum atomic E-state index is 13.8. The first-order valence-corrected chi connectivity index (χ1v) is 8.61. The van der Waals surface area contributed by atoms with Gasteiger partial charge in [0.2, 0.25) is 0 Å². The topological polar surface area (TPSA) is 93.0 Å². The van der Waals surface area contributed by atoms with Crippen LogP contribution < -0.4 is 10.1 Å². The molecule has 8 heteroatoms. The lowest BCUT2D eigenvalue weighted by molar-refractivity contribution is 0.102. The number of aromatic nitrogens is 3. The second kappa shape index (κ2) is 7.15. The fourth-order valence-electron chi connectivity index (χ4n) is 2.86. The highest BCUT2D eigenvalue weighted by Gasteiger charge is 2.15. The Morgan fingerprint density at radius 3 is 2.82 bits per heavy atom. The molecule has 0 spiro atoms. The average Bonchev–Trinajstić information content (AvgIpc) is 3.23. The Morgan fingerprint density at radius 2 is 2.07 bits per heavy atom. The molecule has 0 aliphatic carbocycles. The number of amides is 1. The van der Waals surface area contributed by atoms with Gasteiger partial charge in [-0.3, -0.25) is 9.89 Å². The number of anilines is 1. The Balaban J connectivity index is 1.56. The molecular formula is C20H17FN4O3. The minimum atomic E-state index is -0.594. The number of nitrogens with one attached hydrogen (secondary N) is 2. The quantitative estimate of drug-likeness (QED) is 0.543. The maximum Gasteiger partial charge on any atom is 0.259 e. The summed E-state index contributed by atoms with van der Waals surface area (Å²) in [5, 5.41) is 14.1. The maximum absolute atomic E-state index is 13.8. The molecule has 7 nitrogen and oxygen atoms in total. The van der Waals surface area contributed by atoms with Crippen molar-refractivity contribution in [3.63, 3.8) is 0 Å². The molecule has 0 saturated carbocycles. The number of aryl methyl sites for hydroxylation is 2. The lowest BCUT2D eigenvalue weighted by atomic mass is 10.2. The Bertz CT molecular complexity index is 1150. The van der Waals surface area contributed by atoms with Crippen LogP contribution in [0.4, 0.5) is 10.2 Å². The van der Waals surface area contributed by atoms with Gasteiger partial charge in [-0.15, -0.1) is 0 Å². The fraction of sp³-hybridized carbons (Fsp3) is 0.150. The number of aromatic amines is 1. The van der Waals surface area contributed by atoms with E-state index in [0.717, 1.165) is 11.3 Å². The van der Waals surface area contributed by atoms with Gasteiger partial charge in [0, 0.05) is 5.39 Å². The molecule has 142 valence electrons. The summed E-state index contributed by atoms with van der Waals surface area (Å²) in [6, 6.07) is 11.1. The van der Waals surface area contributed by atoms with Crippen molar-refractivity contribution in [3.8, 4) is 5.75 Å². The zero-order chi connectivity index (χ0) is 19.7. The Morgan fingerprint density at radius 1 is 1.25 bits per heavy atom. The van der Waals surface area contributed by atoms with Crippen LogP contribution in [0.1, 0.15) is 27.4 Å². The van der Waals surface area contributed by atoms with Crippen LogP contribution in [0.2, 0.25) is 0 Å². The van der Waals surface area contributed by atoms with Crippen molar-refractivity contribution in [2.75, 3.05) is 5.32 Å². The lowest BCUT2D eigenvalue weighted by Gasteiger charge is -2.07. The highest BCUT2D eigenvalue weighted by molar-refractivity contribution is 6.08. The van der Waals surface area contributed by atoms with Crippen LogP contribution >= 0.6 is 0 Å². The number of H-pyrrole nitrogens is 1. The monoisotopic (exact) mass is 380 g/mol. The van der Waals surface area contributed by atoms with Crippen LogP contribution in [0.25, 0.3) is 10.9 Å². The first-order valence-electron chi connectivity index (χ1n) is 8.61. The molecular weight excluding hydrogens is 363 g/mol. The summed E-state index contributed by atoms with van der Waals surface area (Å²) in [5.74, 6) is 0.429. The summed E-state index contributed by atoms with van der Waals surface area (Å²) in [6.45, 7) is 3.99. The van der Waals surface area contributed by atoms with Gasteiger partial charge in [0.15, 0.2) is 5.82 Å². The van der Waals surface area contributed by atoms with Gasteiger partial charge < -0.3 is 14.6 Å². The van der Waals surface area contributed by atoms with Gasteiger partial charge in [0.1, 0.15) is 23.9 Å². The molecule has 1 amide bonds. The molecule has 4 rings (SSSR count). The molecule has 0 saturated heterocycles. The summed E-state index contributed by atoms with van der Waals surface area (Å²) in [6.07, 6.45) is 0. The van der Waals surface area contributed by atoms with E-state index < -0.39 is 11.7 Å². The number of nitrogens with zero attached hydrogens (tertiary/aromatic N) is 2. The smallest absolute Gasteiger partial charge is 0.259 e. The largest absolute Gasteiger partial charge is 0.489 e. The molecule has 4 aromatic rings. The van der Waals surface area contributed by atoms with Crippen LogP contribution in [-0.2, 0) is 6.61 Å².